The smallest absolute Gasteiger partial charge is 0.355 e. The number of carbonyl (C=O) groups is 2. The zero-order chi connectivity index (χ0) is 27.4. The van der Waals surface area contributed by atoms with E-state index < -0.39 is 37.7 Å². The first-order valence-corrected chi connectivity index (χ1v) is 13.7. The Balaban J connectivity index is 2.07. The lowest BCUT2D eigenvalue weighted by atomic mass is 10.1. The molecular weight excluding hydrogens is 526 g/mol. The van der Waals surface area contributed by atoms with Crippen LogP contribution in [0.25, 0.3) is 0 Å². The largest absolute Gasteiger partial charge is 0.506 e. The molecule has 1 heterocycles. The van der Waals surface area contributed by atoms with E-state index in [-0.39, 0.29) is 33.2 Å². The summed E-state index contributed by atoms with van der Waals surface area (Å²) in [7, 11) is -5.64. The molecule has 0 bridgehead atoms. The standard InChI is InChI=1S/C23H23N3O9S2/c1-34-22(28)18-9-4-5-12-26(21(18)23(29)35-2)19-14-17(10-11-20(19)27)37(32,33)25-16-8-6-7-15(13-16)24-36(3,30)31/h4-14,24-25,27H,1-3H3. The van der Waals surface area contributed by atoms with Gasteiger partial charge in [0.2, 0.25) is 10.0 Å². The van der Waals surface area contributed by atoms with Crippen molar-refractivity contribution in [2.45, 2.75) is 4.90 Å². The molecular formula is C23H23N3O9S2. The number of benzene rings is 2. The third kappa shape index (κ3) is 6.48. The van der Waals surface area contributed by atoms with Gasteiger partial charge in [-0.25, -0.2) is 26.4 Å². The van der Waals surface area contributed by atoms with Gasteiger partial charge in [0.05, 0.1) is 48.0 Å². The van der Waals surface area contributed by atoms with Crippen LogP contribution in [0.4, 0.5) is 17.1 Å². The highest BCUT2D eigenvalue weighted by Crippen LogP contribution is 2.35. The van der Waals surface area contributed by atoms with Gasteiger partial charge >= 0.3 is 11.9 Å². The van der Waals surface area contributed by atoms with Crippen LogP contribution in [0.1, 0.15) is 0 Å². The van der Waals surface area contributed by atoms with E-state index in [1.165, 1.54) is 48.7 Å². The van der Waals surface area contributed by atoms with Gasteiger partial charge < -0.3 is 19.5 Å². The lowest BCUT2D eigenvalue weighted by molar-refractivity contribution is -0.139. The van der Waals surface area contributed by atoms with Gasteiger partial charge in [0.25, 0.3) is 10.0 Å². The van der Waals surface area contributed by atoms with Crippen molar-refractivity contribution in [2.75, 3.05) is 34.8 Å². The first kappa shape index (κ1) is 27.3. The van der Waals surface area contributed by atoms with E-state index in [4.69, 9.17) is 9.47 Å². The van der Waals surface area contributed by atoms with Crippen LogP contribution in [0.5, 0.6) is 5.75 Å². The minimum atomic E-state index is -4.27. The summed E-state index contributed by atoms with van der Waals surface area (Å²) in [6, 6.07) is 8.90. The Morgan fingerprint density at radius 1 is 0.892 bits per heavy atom. The summed E-state index contributed by atoms with van der Waals surface area (Å²) >= 11 is 0. The van der Waals surface area contributed by atoms with Gasteiger partial charge in [-0.1, -0.05) is 12.1 Å². The fourth-order valence-corrected chi connectivity index (χ4v) is 4.91. The maximum absolute atomic E-state index is 13.1. The zero-order valence-corrected chi connectivity index (χ0v) is 21.5. The van der Waals surface area contributed by atoms with Gasteiger partial charge in [-0.3, -0.25) is 9.44 Å². The molecule has 196 valence electrons. The third-order valence-corrected chi connectivity index (χ3v) is 6.81. The molecule has 0 aliphatic carbocycles. The minimum Gasteiger partial charge on any atom is -0.506 e. The highest BCUT2D eigenvalue weighted by molar-refractivity contribution is 7.92. The average Bonchev–Trinajstić information content (AvgIpc) is 3.05. The summed E-state index contributed by atoms with van der Waals surface area (Å²) in [4.78, 5) is 25.8. The summed E-state index contributed by atoms with van der Waals surface area (Å²) in [5, 5.41) is 10.6. The second kappa shape index (κ2) is 10.8. The van der Waals surface area contributed by atoms with Crippen molar-refractivity contribution in [3.63, 3.8) is 0 Å². The highest BCUT2D eigenvalue weighted by atomic mass is 32.2. The summed E-state index contributed by atoms with van der Waals surface area (Å²) in [5.41, 5.74) is -0.473. The Morgan fingerprint density at radius 3 is 2.16 bits per heavy atom. The Kier molecular flexibility index (Phi) is 7.93. The fourth-order valence-electron chi connectivity index (χ4n) is 3.29. The molecule has 0 fully saturated rings. The van der Waals surface area contributed by atoms with Gasteiger partial charge in [-0.05, 0) is 48.6 Å². The van der Waals surface area contributed by atoms with Gasteiger partial charge in [-0.15, -0.1) is 0 Å². The number of carbonyl (C=O) groups excluding carboxylic acids is 2. The third-order valence-electron chi connectivity index (χ3n) is 4.82. The topological polar surface area (TPSA) is 168 Å². The van der Waals surface area contributed by atoms with E-state index in [1.54, 1.807) is 0 Å². The summed E-state index contributed by atoms with van der Waals surface area (Å²) in [5.74, 6) is -2.22. The molecule has 0 spiro atoms. The molecule has 1 aliphatic heterocycles. The Labute approximate surface area is 213 Å². The summed E-state index contributed by atoms with van der Waals surface area (Å²) in [6.07, 6.45) is 6.50. The maximum atomic E-state index is 13.1. The predicted octanol–water partition coefficient (Wildman–Crippen LogP) is 2.05. The summed E-state index contributed by atoms with van der Waals surface area (Å²) in [6.45, 7) is 0. The number of hydrogen-bond donors (Lipinski definition) is 3. The van der Waals surface area contributed by atoms with Crippen molar-refractivity contribution in [3.8, 4) is 5.75 Å². The van der Waals surface area contributed by atoms with Crippen LogP contribution in [0.15, 0.2) is 83.1 Å². The number of ether oxygens (including phenoxy) is 2. The lowest BCUT2D eigenvalue weighted by Crippen LogP contribution is -2.27. The minimum absolute atomic E-state index is 0.0604. The van der Waals surface area contributed by atoms with Crippen LogP contribution >= 0.6 is 0 Å². The molecule has 0 atom stereocenters. The van der Waals surface area contributed by atoms with E-state index in [0.29, 0.717) is 0 Å². The van der Waals surface area contributed by atoms with Crippen molar-refractivity contribution in [3.05, 3.63) is 78.2 Å². The number of nitrogens with zero attached hydrogens (tertiary/aromatic N) is 1. The van der Waals surface area contributed by atoms with Crippen LogP contribution in [0, 0.1) is 0 Å². The Hall–Kier alpha value is -4.30. The summed E-state index contributed by atoms with van der Waals surface area (Å²) < 4.78 is 63.4. The van der Waals surface area contributed by atoms with Crippen molar-refractivity contribution in [2.24, 2.45) is 0 Å². The molecule has 0 aromatic heterocycles. The first-order valence-electron chi connectivity index (χ1n) is 10.3. The van der Waals surface area contributed by atoms with E-state index >= 15 is 0 Å². The number of methoxy groups -OCH3 is 2. The van der Waals surface area contributed by atoms with Gasteiger partial charge in [-0.2, -0.15) is 0 Å². The fraction of sp³-hybridized carbons (Fsp3) is 0.130. The van der Waals surface area contributed by atoms with Gasteiger partial charge in [0.15, 0.2) is 0 Å². The quantitative estimate of drug-likeness (QED) is 0.414. The van der Waals surface area contributed by atoms with Crippen LogP contribution in [0.2, 0.25) is 0 Å². The number of hydrogen-bond acceptors (Lipinski definition) is 10. The molecule has 3 rings (SSSR count). The molecule has 1 aliphatic rings. The zero-order valence-electron chi connectivity index (χ0n) is 19.8. The van der Waals surface area contributed by atoms with Crippen molar-refractivity contribution < 1.29 is 41.0 Å². The molecule has 0 saturated carbocycles. The van der Waals surface area contributed by atoms with E-state index in [2.05, 4.69) is 9.44 Å². The molecule has 12 nitrogen and oxygen atoms in total. The Bertz CT molecular complexity index is 1540. The number of rotatable bonds is 8. The van der Waals surface area contributed by atoms with Crippen molar-refractivity contribution in [1.29, 1.82) is 0 Å². The highest BCUT2D eigenvalue weighted by Gasteiger charge is 2.29. The molecule has 2 aromatic rings. The number of nitrogens with one attached hydrogen (secondary N) is 2. The van der Waals surface area contributed by atoms with E-state index in [0.717, 1.165) is 43.6 Å². The number of sulfonamides is 2. The molecule has 2 aromatic carbocycles. The number of phenols is 1. The van der Waals surface area contributed by atoms with E-state index in [1.807, 2.05) is 0 Å². The predicted molar refractivity (Wildman–Crippen MR) is 136 cm³/mol. The van der Waals surface area contributed by atoms with Crippen molar-refractivity contribution >= 4 is 49.0 Å². The molecule has 0 amide bonds. The Morgan fingerprint density at radius 2 is 1.54 bits per heavy atom. The number of allylic oxidation sites excluding steroid dienone is 2. The second-order valence-corrected chi connectivity index (χ2v) is 11.0. The monoisotopic (exact) mass is 549 g/mol. The normalized spacial score (nSPS) is 13.6. The van der Waals surface area contributed by atoms with Crippen LogP contribution < -0.4 is 14.3 Å². The van der Waals surface area contributed by atoms with Crippen molar-refractivity contribution in [1.82, 2.24) is 0 Å². The average molecular weight is 550 g/mol. The second-order valence-electron chi connectivity index (χ2n) is 7.53. The lowest BCUT2D eigenvalue weighted by Gasteiger charge is -2.24. The maximum Gasteiger partial charge on any atom is 0.355 e. The van der Waals surface area contributed by atoms with Crippen LogP contribution in [-0.4, -0.2) is 54.4 Å². The molecule has 0 saturated heterocycles. The van der Waals surface area contributed by atoms with E-state index in [9.17, 15) is 31.5 Å². The molecule has 3 N–H and O–H groups in total. The number of esters is 2. The molecule has 0 radical (unpaired) electrons. The number of aromatic hydroxyl groups is 1. The SMILES string of the molecule is COC(=O)C1=C(C(=O)OC)N(c2cc(S(=O)(=O)Nc3cccc(NS(C)(=O)=O)c3)ccc2O)C=CC=C1. The van der Waals surface area contributed by atoms with Gasteiger partial charge in [0.1, 0.15) is 11.4 Å². The van der Waals surface area contributed by atoms with Crippen LogP contribution in [0.3, 0.4) is 0 Å². The molecule has 14 heteroatoms. The molecule has 37 heavy (non-hydrogen) atoms. The number of phenolic OH excluding ortho intramolecular Hbond substituents is 1. The first-order chi connectivity index (χ1) is 17.4. The molecule has 0 unspecified atom stereocenters. The number of anilines is 3. The van der Waals surface area contributed by atoms with Gasteiger partial charge in [0, 0.05) is 6.20 Å². The van der Waals surface area contributed by atoms with Crippen LogP contribution in [-0.2, 0) is 39.1 Å².